The van der Waals surface area contributed by atoms with Crippen LogP contribution in [0.15, 0.2) is 0 Å². The molecule has 0 radical (unpaired) electrons. The number of rotatable bonds is 6. The molecule has 18 heavy (non-hydrogen) atoms. The van der Waals surface area contributed by atoms with Crippen LogP contribution in [-0.4, -0.2) is 43.0 Å². The Morgan fingerprint density at radius 2 is 1.83 bits per heavy atom. The average Bonchev–Trinajstić information content (AvgIpc) is 2.31. The van der Waals surface area contributed by atoms with Gasteiger partial charge in [0.05, 0.1) is 0 Å². The normalized spacial score (nSPS) is 19.1. The second kappa shape index (κ2) is 5.95. The Morgan fingerprint density at radius 3 is 2.44 bits per heavy atom. The van der Waals surface area contributed by atoms with E-state index in [4.69, 9.17) is 4.74 Å². The molecular formula is C12H20N2O4. The van der Waals surface area contributed by atoms with Gasteiger partial charge in [-0.15, -0.1) is 0 Å². The van der Waals surface area contributed by atoms with Crippen molar-refractivity contribution < 1.29 is 19.1 Å². The fourth-order valence-electron chi connectivity index (χ4n) is 1.74. The van der Waals surface area contributed by atoms with Crippen LogP contribution in [0, 0.1) is 5.41 Å². The summed E-state index contributed by atoms with van der Waals surface area (Å²) < 4.78 is 4.92. The highest BCUT2D eigenvalue weighted by molar-refractivity contribution is 6.18. The molecule has 0 bridgehead atoms. The molecule has 1 rings (SSSR count). The van der Waals surface area contributed by atoms with E-state index in [2.05, 4.69) is 5.32 Å². The average molecular weight is 256 g/mol. The van der Waals surface area contributed by atoms with Crippen molar-refractivity contribution in [2.45, 2.75) is 33.1 Å². The monoisotopic (exact) mass is 256 g/mol. The number of ether oxygens (including phenoxy) is 1. The van der Waals surface area contributed by atoms with Gasteiger partial charge in [-0.3, -0.25) is 19.8 Å². The third-order valence-electron chi connectivity index (χ3n) is 3.04. The van der Waals surface area contributed by atoms with E-state index in [9.17, 15) is 14.4 Å². The first kappa shape index (κ1) is 14.6. The molecule has 1 saturated heterocycles. The number of hydrogen-bond acceptors (Lipinski definition) is 4. The third kappa shape index (κ3) is 3.07. The first-order valence-corrected chi connectivity index (χ1v) is 6.07. The van der Waals surface area contributed by atoms with Crippen LogP contribution in [0.1, 0.15) is 33.1 Å². The van der Waals surface area contributed by atoms with Crippen molar-refractivity contribution in [3.63, 3.8) is 0 Å². The summed E-state index contributed by atoms with van der Waals surface area (Å²) in [5.41, 5.74) is -1.17. The van der Waals surface area contributed by atoms with Crippen molar-refractivity contribution in [3.05, 3.63) is 0 Å². The first-order valence-electron chi connectivity index (χ1n) is 6.07. The quantitative estimate of drug-likeness (QED) is 0.566. The Labute approximate surface area is 107 Å². The van der Waals surface area contributed by atoms with E-state index in [1.807, 2.05) is 0 Å². The number of methoxy groups -OCH3 is 1. The van der Waals surface area contributed by atoms with Gasteiger partial charge in [-0.05, 0) is 33.1 Å². The van der Waals surface area contributed by atoms with Crippen molar-refractivity contribution in [2.24, 2.45) is 5.41 Å². The van der Waals surface area contributed by atoms with Gasteiger partial charge in [0.15, 0.2) is 0 Å². The highest BCUT2D eigenvalue weighted by atomic mass is 16.5. The van der Waals surface area contributed by atoms with Crippen molar-refractivity contribution >= 4 is 17.8 Å². The van der Waals surface area contributed by atoms with Gasteiger partial charge in [-0.25, -0.2) is 4.79 Å². The topological polar surface area (TPSA) is 75.7 Å². The summed E-state index contributed by atoms with van der Waals surface area (Å²) in [6.07, 6.45) is 2.48. The van der Waals surface area contributed by atoms with E-state index >= 15 is 0 Å². The van der Waals surface area contributed by atoms with Crippen LogP contribution in [0.5, 0.6) is 0 Å². The predicted molar refractivity (Wildman–Crippen MR) is 64.8 cm³/mol. The smallest absolute Gasteiger partial charge is 0.330 e. The molecule has 0 aromatic rings. The molecule has 0 saturated carbocycles. The maximum atomic E-state index is 12.0. The molecule has 0 unspecified atom stereocenters. The highest BCUT2D eigenvalue weighted by Gasteiger charge is 2.46. The van der Waals surface area contributed by atoms with E-state index in [1.165, 1.54) is 13.8 Å². The first-order chi connectivity index (χ1) is 8.41. The number of hydrogen-bond donors (Lipinski definition) is 1. The number of unbranched alkanes of at least 4 members (excludes halogenated alkanes) is 2. The molecule has 1 aliphatic rings. The maximum Gasteiger partial charge on any atom is 0.330 e. The molecule has 1 heterocycles. The minimum Gasteiger partial charge on any atom is -0.385 e. The van der Waals surface area contributed by atoms with Crippen LogP contribution in [0.2, 0.25) is 0 Å². The number of nitrogens with one attached hydrogen (secondary N) is 1. The third-order valence-corrected chi connectivity index (χ3v) is 3.04. The van der Waals surface area contributed by atoms with Gasteiger partial charge in [0.2, 0.25) is 11.8 Å². The molecule has 0 atom stereocenters. The summed E-state index contributed by atoms with van der Waals surface area (Å²) in [4.78, 5) is 36.2. The van der Waals surface area contributed by atoms with Gasteiger partial charge < -0.3 is 4.74 Å². The zero-order chi connectivity index (χ0) is 13.8. The summed E-state index contributed by atoms with van der Waals surface area (Å²) in [5.74, 6) is -0.962. The second-order valence-electron chi connectivity index (χ2n) is 4.89. The fourth-order valence-corrected chi connectivity index (χ4v) is 1.74. The van der Waals surface area contributed by atoms with Crippen LogP contribution < -0.4 is 5.32 Å². The van der Waals surface area contributed by atoms with Gasteiger partial charge in [0.25, 0.3) is 0 Å². The van der Waals surface area contributed by atoms with Crippen LogP contribution in [0.3, 0.4) is 0 Å². The zero-order valence-corrected chi connectivity index (χ0v) is 11.1. The largest absolute Gasteiger partial charge is 0.385 e. The molecular weight excluding hydrogens is 236 g/mol. The Kier molecular flexibility index (Phi) is 4.84. The lowest BCUT2D eigenvalue weighted by Crippen LogP contribution is -2.61. The van der Waals surface area contributed by atoms with Gasteiger partial charge >= 0.3 is 6.03 Å². The number of barbiturate groups is 1. The number of urea groups is 1. The van der Waals surface area contributed by atoms with Crippen LogP contribution >= 0.6 is 0 Å². The lowest BCUT2D eigenvalue weighted by atomic mass is 9.88. The summed E-state index contributed by atoms with van der Waals surface area (Å²) in [6, 6.07) is -0.615. The lowest BCUT2D eigenvalue weighted by molar-refractivity contribution is -0.149. The zero-order valence-electron chi connectivity index (χ0n) is 11.1. The van der Waals surface area contributed by atoms with Crippen LogP contribution in [0.25, 0.3) is 0 Å². The minimum absolute atomic E-state index is 0.338. The van der Waals surface area contributed by atoms with Crippen LogP contribution in [0.4, 0.5) is 4.79 Å². The summed E-state index contributed by atoms with van der Waals surface area (Å²) in [6.45, 7) is 4.05. The number of imide groups is 2. The Morgan fingerprint density at radius 1 is 1.17 bits per heavy atom. The second-order valence-corrected chi connectivity index (χ2v) is 4.89. The SMILES string of the molecule is COCCCCCN1C(=O)NC(=O)C(C)(C)C1=O. The van der Waals surface area contributed by atoms with E-state index < -0.39 is 23.3 Å². The number of carbonyl (C=O) groups is 3. The molecule has 102 valence electrons. The van der Waals surface area contributed by atoms with E-state index in [-0.39, 0.29) is 0 Å². The van der Waals surface area contributed by atoms with Gasteiger partial charge in [0, 0.05) is 20.3 Å². The van der Waals surface area contributed by atoms with Gasteiger partial charge in [0.1, 0.15) is 5.41 Å². The Balaban J connectivity index is 2.51. The molecule has 6 nitrogen and oxygen atoms in total. The molecule has 4 amide bonds. The van der Waals surface area contributed by atoms with Crippen LogP contribution in [-0.2, 0) is 14.3 Å². The number of carbonyl (C=O) groups excluding carboxylic acids is 3. The Bertz CT molecular complexity index is 352. The molecule has 6 heteroatoms. The van der Waals surface area contributed by atoms with Crippen molar-refractivity contribution in [1.82, 2.24) is 10.2 Å². The molecule has 1 aliphatic heterocycles. The molecule has 0 aliphatic carbocycles. The molecule has 0 aromatic heterocycles. The van der Waals surface area contributed by atoms with Gasteiger partial charge in [-0.1, -0.05) is 0 Å². The summed E-state index contributed by atoms with van der Waals surface area (Å²) in [5, 5.41) is 2.20. The summed E-state index contributed by atoms with van der Waals surface area (Å²) in [7, 11) is 1.63. The summed E-state index contributed by atoms with van der Waals surface area (Å²) >= 11 is 0. The molecule has 1 N–H and O–H groups in total. The van der Waals surface area contributed by atoms with Crippen molar-refractivity contribution in [1.29, 1.82) is 0 Å². The molecule has 1 fully saturated rings. The van der Waals surface area contributed by atoms with E-state index in [0.29, 0.717) is 19.6 Å². The van der Waals surface area contributed by atoms with Crippen molar-refractivity contribution in [2.75, 3.05) is 20.3 Å². The number of amides is 4. The molecule has 0 aromatic carbocycles. The fraction of sp³-hybridized carbons (Fsp3) is 0.750. The Hall–Kier alpha value is -1.43. The standard InChI is InChI=1S/C12H20N2O4/c1-12(2)9(15)13-11(17)14(10(12)16)7-5-4-6-8-18-3/h4-8H2,1-3H3,(H,13,15,17). The van der Waals surface area contributed by atoms with Gasteiger partial charge in [-0.2, -0.15) is 0 Å². The molecule has 0 spiro atoms. The number of nitrogens with zero attached hydrogens (tertiary/aromatic N) is 1. The minimum atomic E-state index is -1.17. The lowest BCUT2D eigenvalue weighted by Gasteiger charge is -2.34. The highest BCUT2D eigenvalue weighted by Crippen LogP contribution is 2.23. The maximum absolute atomic E-state index is 12.0. The van der Waals surface area contributed by atoms with E-state index in [0.717, 1.165) is 17.7 Å². The van der Waals surface area contributed by atoms with E-state index in [1.54, 1.807) is 7.11 Å². The van der Waals surface area contributed by atoms with Crippen molar-refractivity contribution in [3.8, 4) is 0 Å². The predicted octanol–water partition coefficient (Wildman–Crippen LogP) is 0.908.